The zero-order valence-corrected chi connectivity index (χ0v) is 12.1. The lowest BCUT2D eigenvalue weighted by molar-refractivity contribution is -0.141. The summed E-state index contributed by atoms with van der Waals surface area (Å²) < 4.78 is 41.9. The first-order chi connectivity index (χ1) is 9.94. The molecule has 0 spiro atoms. The minimum Gasteiger partial charge on any atom is -0.378 e. The van der Waals surface area contributed by atoms with E-state index in [4.69, 9.17) is 4.74 Å². The van der Waals surface area contributed by atoms with Crippen LogP contribution in [0, 0.1) is 5.92 Å². The van der Waals surface area contributed by atoms with Crippen LogP contribution in [-0.4, -0.2) is 55.9 Å². The number of alkyl halides is 3. The van der Waals surface area contributed by atoms with Gasteiger partial charge in [-0.15, -0.1) is 0 Å². The Morgan fingerprint density at radius 3 is 2.76 bits per heavy atom. The van der Waals surface area contributed by atoms with Gasteiger partial charge >= 0.3 is 6.18 Å². The average Bonchev–Trinajstić information content (AvgIpc) is 2.95. The van der Waals surface area contributed by atoms with Crippen LogP contribution in [0.3, 0.4) is 0 Å². The Balaban J connectivity index is 1.70. The van der Waals surface area contributed by atoms with Crippen molar-refractivity contribution in [1.82, 2.24) is 10.2 Å². The van der Waals surface area contributed by atoms with Gasteiger partial charge in [0.05, 0.1) is 12.0 Å². The van der Waals surface area contributed by atoms with Gasteiger partial charge in [-0.1, -0.05) is 0 Å². The summed E-state index contributed by atoms with van der Waals surface area (Å²) >= 11 is 0. The minimum absolute atomic E-state index is 0.310. The summed E-state index contributed by atoms with van der Waals surface area (Å²) in [5, 5.41) is 1.99. The molecule has 2 aliphatic heterocycles. The number of likely N-dealkylation sites (tertiary alicyclic amines) is 1. The lowest BCUT2D eigenvalue weighted by atomic mass is 9.96. The Morgan fingerprint density at radius 1 is 1.29 bits per heavy atom. The van der Waals surface area contributed by atoms with Gasteiger partial charge in [-0.25, -0.2) is 0 Å². The number of nitrogens with one attached hydrogen (secondary N) is 1. The fraction of sp³-hybridized carbons (Fsp3) is 0.929. The zero-order valence-electron chi connectivity index (χ0n) is 12.1. The van der Waals surface area contributed by atoms with Crippen LogP contribution in [0.4, 0.5) is 13.2 Å². The molecule has 2 saturated heterocycles. The van der Waals surface area contributed by atoms with Crippen molar-refractivity contribution in [3.05, 3.63) is 0 Å². The summed E-state index contributed by atoms with van der Waals surface area (Å²) in [7, 11) is 0. The Kier molecular flexibility index (Phi) is 5.87. The van der Waals surface area contributed by atoms with E-state index in [9.17, 15) is 18.0 Å². The lowest BCUT2D eigenvalue weighted by Crippen LogP contribution is -2.45. The first-order valence-electron chi connectivity index (χ1n) is 7.62. The van der Waals surface area contributed by atoms with Gasteiger partial charge in [-0.05, 0) is 38.6 Å². The molecule has 0 bridgehead atoms. The average molecular weight is 308 g/mol. The molecule has 2 atom stereocenters. The van der Waals surface area contributed by atoms with Crippen molar-refractivity contribution in [2.45, 2.75) is 44.4 Å². The van der Waals surface area contributed by atoms with Crippen molar-refractivity contribution in [1.29, 1.82) is 0 Å². The second-order valence-electron chi connectivity index (χ2n) is 5.90. The van der Waals surface area contributed by atoms with Gasteiger partial charge < -0.3 is 15.0 Å². The number of halogens is 3. The van der Waals surface area contributed by atoms with E-state index in [1.165, 1.54) is 0 Å². The standard InChI is InChI=1S/C14H23F3N2O2/c15-14(16,17)10-18-13(20)11-3-1-6-19(9-11)7-5-12-4-2-8-21-12/h11-12H,1-10H2,(H,18,20)/t11-,12+/m1/s1. The molecule has 21 heavy (non-hydrogen) atoms. The number of piperidine rings is 1. The molecule has 2 rings (SSSR count). The van der Waals surface area contributed by atoms with Crippen molar-refractivity contribution in [2.24, 2.45) is 5.92 Å². The molecule has 0 aromatic rings. The third-order valence-corrected chi connectivity index (χ3v) is 4.13. The van der Waals surface area contributed by atoms with Gasteiger partial charge in [-0.2, -0.15) is 13.2 Å². The Morgan fingerprint density at radius 2 is 2.10 bits per heavy atom. The number of rotatable bonds is 5. The minimum atomic E-state index is -4.34. The predicted octanol–water partition coefficient (Wildman–Crippen LogP) is 1.95. The number of carbonyl (C=O) groups is 1. The molecule has 2 fully saturated rings. The molecule has 7 heteroatoms. The maximum absolute atomic E-state index is 12.1. The molecule has 2 heterocycles. The molecule has 0 aliphatic carbocycles. The summed E-state index contributed by atoms with van der Waals surface area (Å²) in [6, 6.07) is 0. The number of amides is 1. The number of nitrogens with zero attached hydrogens (tertiary/aromatic N) is 1. The molecule has 0 aromatic carbocycles. The van der Waals surface area contributed by atoms with E-state index in [0.29, 0.717) is 19.1 Å². The molecule has 0 unspecified atom stereocenters. The summed E-state index contributed by atoms with van der Waals surface area (Å²) in [6.07, 6.45) is 0.622. The third-order valence-electron chi connectivity index (χ3n) is 4.13. The van der Waals surface area contributed by atoms with Gasteiger partial charge in [0.25, 0.3) is 0 Å². The second-order valence-corrected chi connectivity index (χ2v) is 5.90. The quantitative estimate of drug-likeness (QED) is 0.844. The molecule has 0 radical (unpaired) electrons. The van der Waals surface area contributed by atoms with Gasteiger partial charge in [0, 0.05) is 19.7 Å². The predicted molar refractivity (Wildman–Crippen MR) is 71.8 cm³/mol. The zero-order chi connectivity index (χ0) is 15.3. The molecular weight excluding hydrogens is 285 g/mol. The monoisotopic (exact) mass is 308 g/mol. The van der Waals surface area contributed by atoms with Crippen molar-refractivity contribution in [2.75, 3.05) is 32.8 Å². The largest absolute Gasteiger partial charge is 0.405 e. The maximum atomic E-state index is 12.1. The third kappa shape index (κ3) is 5.82. The van der Waals surface area contributed by atoms with Crippen molar-refractivity contribution >= 4 is 5.91 Å². The molecule has 0 saturated carbocycles. The molecule has 122 valence electrons. The first kappa shape index (κ1) is 16.5. The van der Waals surface area contributed by atoms with Gasteiger partial charge in [0.15, 0.2) is 0 Å². The van der Waals surface area contributed by atoms with Crippen LogP contribution < -0.4 is 5.32 Å². The Hall–Kier alpha value is -0.820. The Bertz CT molecular complexity index is 344. The van der Waals surface area contributed by atoms with Crippen molar-refractivity contribution in [3.63, 3.8) is 0 Å². The summed E-state index contributed by atoms with van der Waals surface area (Å²) in [4.78, 5) is 14.0. The van der Waals surface area contributed by atoms with Crippen LogP contribution in [0.2, 0.25) is 0 Å². The van der Waals surface area contributed by atoms with Crippen LogP contribution in [-0.2, 0) is 9.53 Å². The van der Waals surface area contributed by atoms with E-state index in [0.717, 1.165) is 45.4 Å². The Labute approximate surface area is 123 Å². The van der Waals surface area contributed by atoms with E-state index in [-0.39, 0.29) is 5.92 Å². The van der Waals surface area contributed by atoms with Crippen LogP contribution in [0.25, 0.3) is 0 Å². The van der Waals surface area contributed by atoms with Crippen LogP contribution in [0.1, 0.15) is 32.1 Å². The molecule has 2 aliphatic rings. The highest BCUT2D eigenvalue weighted by Gasteiger charge is 2.31. The van der Waals surface area contributed by atoms with Crippen LogP contribution in [0.5, 0.6) is 0 Å². The van der Waals surface area contributed by atoms with Crippen LogP contribution >= 0.6 is 0 Å². The fourth-order valence-electron chi connectivity index (χ4n) is 3.00. The van der Waals surface area contributed by atoms with Crippen molar-refractivity contribution in [3.8, 4) is 0 Å². The topological polar surface area (TPSA) is 41.6 Å². The molecule has 1 amide bonds. The van der Waals surface area contributed by atoms with Gasteiger partial charge in [-0.3, -0.25) is 4.79 Å². The summed E-state index contributed by atoms with van der Waals surface area (Å²) in [6.45, 7) is 1.91. The highest BCUT2D eigenvalue weighted by atomic mass is 19.4. The second kappa shape index (κ2) is 7.45. The smallest absolute Gasteiger partial charge is 0.378 e. The number of carbonyl (C=O) groups excluding carboxylic acids is 1. The molecular formula is C14H23F3N2O2. The SMILES string of the molecule is O=C(NCC(F)(F)F)[C@@H]1CCCN(CC[C@@H]2CCCO2)C1. The molecule has 1 N–H and O–H groups in total. The molecule has 0 aromatic heterocycles. The highest BCUT2D eigenvalue weighted by Crippen LogP contribution is 2.20. The fourth-order valence-corrected chi connectivity index (χ4v) is 3.00. The first-order valence-corrected chi connectivity index (χ1v) is 7.62. The van der Waals surface area contributed by atoms with E-state index >= 15 is 0 Å². The summed E-state index contributed by atoms with van der Waals surface area (Å²) in [5.74, 6) is -0.806. The maximum Gasteiger partial charge on any atom is 0.405 e. The highest BCUT2D eigenvalue weighted by molar-refractivity contribution is 5.79. The summed E-state index contributed by atoms with van der Waals surface area (Å²) in [5.41, 5.74) is 0. The van der Waals surface area contributed by atoms with E-state index < -0.39 is 18.6 Å². The number of hydrogen-bond acceptors (Lipinski definition) is 3. The van der Waals surface area contributed by atoms with Crippen LogP contribution in [0.15, 0.2) is 0 Å². The van der Waals surface area contributed by atoms with E-state index in [1.54, 1.807) is 0 Å². The van der Waals surface area contributed by atoms with Gasteiger partial charge in [0.2, 0.25) is 5.91 Å². The molecule has 4 nitrogen and oxygen atoms in total. The number of hydrogen-bond donors (Lipinski definition) is 1. The number of ether oxygens (including phenoxy) is 1. The lowest BCUT2D eigenvalue weighted by Gasteiger charge is -2.32. The van der Waals surface area contributed by atoms with E-state index in [2.05, 4.69) is 4.90 Å². The normalized spacial score (nSPS) is 27.8. The van der Waals surface area contributed by atoms with Crippen molar-refractivity contribution < 1.29 is 22.7 Å². The van der Waals surface area contributed by atoms with E-state index in [1.807, 2.05) is 5.32 Å². The van der Waals surface area contributed by atoms with Gasteiger partial charge in [0.1, 0.15) is 6.54 Å².